The Morgan fingerprint density at radius 3 is 2.68 bits per heavy atom. The fraction of sp³-hybridized carbons (Fsp3) is 0.316. The summed E-state index contributed by atoms with van der Waals surface area (Å²) >= 11 is 1.50. The molecule has 0 spiro atoms. The number of anilines is 1. The largest absolute Gasteiger partial charge is 0.365 e. The Hall–Kier alpha value is -2.47. The van der Waals surface area contributed by atoms with Gasteiger partial charge in [-0.15, -0.1) is 11.3 Å². The number of hydrogen-bond donors (Lipinski definition) is 1. The van der Waals surface area contributed by atoms with E-state index in [9.17, 15) is 4.79 Å². The number of hydrogen-bond acceptors (Lipinski definition) is 5. The normalized spacial score (nSPS) is 17.4. The zero-order chi connectivity index (χ0) is 17.6. The van der Waals surface area contributed by atoms with Crippen molar-refractivity contribution in [2.75, 3.05) is 18.0 Å². The third-order valence-corrected chi connectivity index (χ3v) is 5.91. The van der Waals surface area contributed by atoms with Gasteiger partial charge in [-0.3, -0.25) is 4.79 Å². The van der Waals surface area contributed by atoms with E-state index < -0.39 is 0 Å². The molecule has 0 bridgehead atoms. The van der Waals surface area contributed by atoms with Gasteiger partial charge in [0.25, 0.3) is 5.91 Å². The van der Waals surface area contributed by atoms with Crippen LogP contribution in [0.25, 0.3) is 10.1 Å². The molecule has 4 rings (SSSR count). The molecule has 3 heterocycles. The minimum atomic E-state index is -0.336. The highest BCUT2D eigenvalue weighted by Crippen LogP contribution is 2.40. The molecule has 0 saturated carbocycles. The van der Waals surface area contributed by atoms with Crippen LogP contribution in [0.5, 0.6) is 0 Å². The van der Waals surface area contributed by atoms with E-state index in [1.54, 1.807) is 0 Å². The Morgan fingerprint density at radius 2 is 1.96 bits per heavy atom. The second-order valence-electron chi connectivity index (χ2n) is 6.59. The Balaban J connectivity index is 1.71. The van der Waals surface area contributed by atoms with Crippen molar-refractivity contribution in [2.45, 2.75) is 26.2 Å². The predicted octanol–water partition coefficient (Wildman–Crippen LogP) is 3.40. The Labute approximate surface area is 150 Å². The van der Waals surface area contributed by atoms with Crippen LogP contribution in [0.2, 0.25) is 0 Å². The van der Waals surface area contributed by atoms with Crippen molar-refractivity contribution >= 4 is 33.3 Å². The van der Waals surface area contributed by atoms with E-state index in [0.717, 1.165) is 52.5 Å². The minimum absolute atomic E-state index is 0.267. The second kappa shape index (κ2) is 6.11. The van der Waals surface area contributed by atoms with Crippen molar-refractivity contribution < 1.29 is 4.79 Å². The van der Waals surface area contributed by atoms with Gasteiger partial charge in [0.1, 0.15) is 0 Å². The molecule has 25 heavy (non-hydrogen) atoms. The summed E-state index contributed by atoms with van der Waals surface area (Å²) in [5, 5.41) is 1.15. The molecule has 1 fully saturated rings. The van der Waals surface area contributed by atoms with Gasteiger partial charge in [-0.05, 0) is 43.4 Å². The predicted molar refractivity (Wildman–Crippen MR) is 101 cm³/mol. The van der Waals surface area contributed by atoms with Gasteiger partial charge in [0, 0.05) is 35.1 Å². The fourth-order valence-electron chi connectivity index (χ4n) is 3.68. The number of aromatic nitrogens is 2. The van der Waals surface area contributed by atoms with Crippen LogP contribution in [0.3, 0.4) is 0 Å². The lowest BCUT2D eigenvalue weighted by molar-refractivity contribution is 0.100. The zero-order valence-electron chi connectivity index (χ0n) is 14.3. The molecule has 1 aromatic carbocycles. The molecule has 5 nitrogen and oxygen atoms in total. The van der Waals surface area contributed by atoms with Gasteiger partial charge in [-0.2, -0.15) is 0 Å². The first-order chi connectivity index (χ1) is 12.0. The average Bonchev–Trinajstić information content (AvgIpc) is 3.18. The molecule has 1 aliphatic rings. The van der Waals surface area contributed by atoms with E-state index in [1.807, 2.05) is 32.0 Å². The summed E-state index contributed by atoms with van der Waals surface area (Å²) in [6.45, 7) is 5.67. The highest BCUT2D eigenvalue weighted by molar-refractivity contribution is 7.21. The first-order valence-corrected chi connectivity index (χ1v) is 9.23. The third-order valence-electron chi connectivity index (χ3n) is 4.71. The molecule has 6 heteroatoms. The molecule has 3 aromatic rings. The number of fused-ring (bicyclic) bond motifs is 1. The number of aryl methyl sites for hydroxylation is 2. The molecule has 2 N–H and O–H groups in total. The Morgan fingerprint density at radius 1 is 1.24 bits per heavy atom. The standard InChI is InChI=1S/C19H20N4OS/c1-11-9-12(2)22-19(21-11)23-8-7-13(10-23)16-14-5-3-4-6-15(14)25-17(16)18(20)24/h3-6,9,13H,7-8,10H2,1-2H3,(H2,20,24)/t13-/m1/s1. The maximum atomic E-state index is 12.0. The Bertz CT molecular complexity index is 945. The van der Waals surface area contributed by atoms with Crippen LogP contribution in [0.1, 0.15) is 39.0 Å². The van der Waals surface area contributed by atoms with Crippen LogP contribution in [0, 0.1) is 13.8 Å². The van der Waals surface area contributed by atoms with E-state index in [2.05, 4.69) is 27.0 Å². The minimum Gasteiger partial charge on any atom is -0.365 e. The molecule has 1 atom stereocenters. The monoisotopic (exact) mass is 352 g/mol. The molecule has 0 radical (unpaired) electrons. The summed E-state index contributed by atoms with van der Waals surface area (Å²) < 4.78 is 1.12. The molecule has 128 valence electrons. The van der Waals surface area contributed by atoms with Crippen LogP contribution in [-0.2, 0) is 0 Å². The summed E-state index contributed by atoms with van der Waals surface area (Å²) in [6, 6.07) is 10.1. The lowest BCUT2D eigenvalue weighted by Gasteiger charge is -2.17. The topological polar surface area (TPSA) is 72.1 Å². The van der Waals surface area contributed by atoms with Crippen molar-refractivity contribution in [3.63, 3.8) is 0 Å². The van der Waals surface area contributed by atoms with Gasteiger partial charge < -0.3 is 10.6 Å². The summed E-state index contributed by atoms with van der Waals surface area (Å²) in [6.07, 6.45) is 0.970. The van der Waals surface area contributed by atoms with Gasteiger partial charge in [-0.1, -0.05) is 18.2 Å². The summed E-state index contributed by atoms with van der Waals surface area (Å²) in [5.41, 5.74) is 8.72. The van der Waals surface area contributed by atoms with Gasteiger partial charge in [0.15, 0.2) is 0 Å². The van der Waals surface area contributed by atoms with Gasteiger partial charge in [-0.25, -0.2) is 9.97 Å². The van der Waals surface area contributed by atoms with Crippen LogP contribution in [0.4, 0.5) is 5.95 Å². The van der Waals surface area contributed by atoms with E-state index in [4.69, 9.17) is 5.73 Å². The van der Waals surface area contributed by atoms with E-state index in [-0.39, 0.29) is 11.8 Å². The quantitative estimate of drug-likeness (QED) is 0.784. The van der Waals surface area contributed by atoms with Crippen molar-refractivity contribution in [1.82, 2.24) is 9.97 Å². The SMILES string of the molecule is Cc1cc(C)nc(N2CC[C@@H](c3c(C(N)=O)sc4ccccc34)C2)n1. The average molecular weight is 352 g/mol. The van der Waals surface area contributed by atoms with E-state index in [1.165, 1.54) is 11.3 Å². The van der Waals surface area contributed by atoms with Crippen molar-refractivity contribution in [2.24, 2.45) is 5.73 Å². The molecule has 1 aliphatic heterocycles. The number of nitrogens with zero attached hydrogens (tertiary/aromatic N) is 3. The van der Waals surface area contributed by atoms with Crippen LogP contribution in [-0.4, -0.2) is 29.0 Å². The first-order valence-electron chi connectivity index (χ1n) is 8.41. The highest BCUT2D eigenvalue weighted by atomic mass is 32.1. The van der Waals surface area contributed by atoms with Crippen LogP contribution < -0.4 is 10.6 Å². The molecule has 1 saturated heterocycles. The number of thiophene rings is 1. The number of rotatable bonds is 3. The zero-order valence-corrected chi connectivity index (χ0v) is 15.1. The van der Waals surface area contributed by atoms with Crippen LogP contribution in [0.15, 0.2) is 30.3 Å². The van der Waals surface area contributed by atoms with Crippen molar-refractivity contribution in [3.05, 3.63) is 52.2 Å². The highest BCUT2D eigenvalue weighted by Gasteiger charge is 2.31. The molecule has 2 aromatic heterocycles. The molecular weight excluding hydrogens is 332 g/mol. The first kappa shape index (κ1) is 16.0. The summed E-state index contributed by atoms with van der Waals surface area (Å²) in [7, 11) is 0. The number of primary amides is 1. The second-order valence-corrected chi connectivity index (χ2v) is 7.64. The number of amides is 1. The Kier molecular flexibility index (Phi) is 3.92. The van der Waals surface area contributed by atoms with Gasteiger partial charge in [0.2, 0.25) is 5.95 Å². The lowest BCUT2D eigenvalue weighted by Crippen LogP contribution is -2.22. The van der Waals surface area contributed by atoms with Gasteiger partial charge in [0.05, 0.1) is 4.88 Å². The summed E-state index contributed by atoms with van der Waals surface area (Å²) in [4.78, 5) is 24.0. The molecule has 0 aliphatic carbocycles. The number of nitrogens with two attached hydrogens (primary N) is 1. The lowest BCUT2D eigenvalue weighted by atomic mass is 9.95. The smallest absolute Gasteiger partial charge is 0.259 e. The molecular formula is C19H20N4OS. The number of carbonyl (C=O) groups excluding carboxylic acids is 1. The maximum Gasteiger partial charge on any atom is 0.259 e. The third kappa shape index (κ3) is 2.87. The van der Waals surface area contributed by atoms with Crippen LogP contribution >= 0.6 is 11.3 Å². The van der Waals surface area contributed by atoms with Crippen molar-refractivity contribution in [3.8, 4) is 0 Å². The fourth-order valence-corrected chi connectivity index (χ4v) is 4.82. The van der Waals surface area contributed by atoms with Gasteiger partial charge >= 0.3 is 0 Å². The number of benzene rings is 1. The molecule has 0 unspecified atom stereocenters. The summed E-state index contributed by atoms with van der Waals surface area (Å²) in [5.74, 6) is 0.709. The number of carbonyl (C=O) groups is 1. The van der Waals surface area contributed by atoms with Crippen molar-refractivity contribution in [1.29, 1.82) is 0 Å². The van der Waals surface area contributed by atoms with E-state index >= 15 is 0 Å². The van der Waals surface area contributed by atoms with E-state index in [0.29, 0.717) is 4.88 Å². The maximum absolute atomic E-state index is 12.0. The molecule has 1 amide bonds.